The molecular formula is C9H9NOS. The predicted octanol–water partition coefficient (Wildman–Crippen LogP) is 1.47. The number of hydrogen-bond donors (Lipinski definition) is 2. The van der Waals surface area contributed by atoms with Gasteiger partial charge in [-0.05, 0) is 23.8 Å². The molecule has 0 aliphatic carbocycles. The van der Waals surface area contributed by atoms with Gasteiger partial charge in [-0.15, -0.1) is 12.6 Å². The molecule has 2 N–H and O–H groups in total. The van der Waals surface area contributed by atoms with Crippen LogP contribution in [0.4, 0.5) is 0 Å². The van der Waals surface area contributed by atoms with Gasteiger partial charge in [0.2, 0.25) is 5.91 Å². The van der Waals surface area contributed by atoms with Crippen molar-refractivity contribution in [2.24, 2.45) is 5.73 Å². The fourth-order valence-corrected chi connectivity index (χ4v) is 1.04. The molecule has 0 saturated carbocycles. The highest BCUT2D eigenvalue weighted by molar-refractivity contribution is 7.80. The molecule has 0 spiro atoms. The van der Waals surface area contributed by atoms with E-state index in [-0.39, 0.29) is 0 Å². The quantitative estimate of drug-likeness (QED) is 0.524. The maximum Gasteiger partial charge on any atom is 0.241 e. The van der Waals surface area contributed by atoms with Crippen LogP contribution in [-0.4, -0.2) is 5.91 Å². The second-order valence-corrected chi connectivity index (χ2v) is 2.85. The topological polar surface area (TPSA) is 43.1 Å². The summed E-state index contributed by atoms with van der Waals surface area (Å²) in [5, 5.41) is 0. The van der Waals surface area contributed by atoms with E-state index in [1.54, 1.807) is 6.08 Å². The first kappa shape index (κ1) is 8.87. The summed E-state index contributed by atoms with van der Waals surface area (Å²) in [5.74, 6) is -0.445. The van der Waals surface area contributed by atoms with E-state index in [2.05, 4.69) is 12.6 Å². The predicted molar refractivity (Wildman–Crippen MR) is 51.9 cm³/mol. The largest absolute Gasteiger partial charge is 0.366 e. The monoisotopic (exact) mass is 179 g/mol. The zero-order valence-corrected chi connectivity index (χ0v) is 7.29. The van der Waals surface area contributed by atoms with Crippen molar-refractivity contribution in [2.75, 3.05) is 0 Å². The lowest BCUT2D eigenvalue weighted by Crippen LogP contribution is -2.04. The van der Waals surface area contributed by atoms with E-state index in [0.717, 1.165) is 10.5 Å². The number of benzene rings is 1. The van der Waals surface area contributed by atoms with Crippen molar-refractivity contribution in [1.82, 2.24) is 0 Å². The number of carbonyl (C=O) groups excluding carboxylic acids is 1. The van der Waals surface area contributed by atoms with E-state index in [0.29, 0.717) is 0 Å². The summed E-state index contributed by atoms with van der Waals surface area (Å²) in [4.78, 5) is 11.2. The van der Waals surface area contributed by atoms with Gasteiger partial charge in [0.05, 0.1) is 0 Å². The van der Waals surface area contributed by atoms with Crippen LogP contribution in [0.25, 0.3) is 6.08 Å². The summed E-state index contributed by atoms with van der Waals surface area (Å²) in [7, 11) is 0. The lowest BCUT2D eigenvalue weighted by Gasteiger charge is -1.93. The van der Waals surface area contributed by atoms with Gasteiger partial charge in [-0.1, -0.05) is 12.1 Å². The van der Waals surface area contributed by atoms with Crippen LogP contribution >= 0.6 is 12.6 Å². The molecule has 12 heavy (non-hydrogen) atoms. The summed E-state index contributed by atoms with van der Waals surface area (Å²) in [6.45, 7) is 0. The second-order valence-electron chi connectivity index (χ2n) is 2.33. The highest BCUT2D eigenvalue weighted by atomic mass is 32.1. The SMILES string of the molecule is NC(=O)/C=C/c1cccc(S)c1. The van der Waals surface area contributed by atoms with Gasteiger partial charge in [0, 0.05) is 11.0 Å². The zero-order chi connectivity index (χ0) is 8.97. The Kier molecular flexibility index (Phi) is 2.94. The molecule has 0 heterocycles. The molecule has 0 atom stereocenters. The summed E-state index contributed by atoms with van der Waals surface area (Å²) in [6, 6.07) is 7.45. The number of thiol groups is 1. The maximum absolute atomic E-state index is 10.4. The molecule has 1 rings (SSSR count). The molecule has 0 radical (unpaired) electrons. The van der Waals surface area contributed by atoms with Crippen molar-refractivity contribution >= 4 is 24.6 Å². The minimum atomic E-state index is -0.445. The Morgan fingerprint density at radius 2 is 2.25 bits per heavy atom. The molecule has 1 aromatic rings. The smallest absolute Gasteiger partial charge is 0.241 e. The van der Waals surface area contributed by atoms with Gasteiger partial charge in [-0.2, -0.15) is 0 Å². The summed E-state index contributed by atoms with van der Waals surface area (Å²) in [6.07, 6.45) is 2.98. The van der Waals surface area contributed by atoms with Crippen molar-refractivity contribution in [3.8, 4) is 0 Å². The van der Waals surface area contributed by atoms with Crippen LogP contribution in [-0.2, 0) is 4.79 Å². The molecule has 0 aromatic heterocycles. The van der Waals surface area contributed by atoms with Crippen molar-refractivity contribution in [3.05, 3.63) is 35.9 Å². The molecule has 0 aliphatic heterocycles. The van der Waals surface area contributed by atoms with Gasteiger partial charge in [0.1, 0.15) is 0 Å². The van der Waals surface area contributed by atoms with Crippen LogP contribution in [0, 0.1) is 0 Å². The number of rotatable bonds is 2. The van der Waals surface area contributed by atoms with Crippen LogP contribution in [0.3, 0.4) is 0 Å². The van der Waals surface area contributed by atoms with Gasteiger partial charge < -0.3 is 5.73 Å². The fraction of sp³-hybridized carbons (Fsp3) is 0. The molecule has 3 heteroatoms. The van der Waals surface area contributed by atoms with Crippen molar-refractivity contribution in [3.63, 3.8) is 0 Å². The number of nitrogens with two attached hydrogens (primary N) is 1. The summed E-state index contributed by atoms with van der Waals surface area (Å²) >= 11 is 4.15. The third kappa shape index (κ3) is 2.80. The van der Waals surface area contributed by atoms with Gasteiger partial charge in [-0.3, -0.25) is 4.79 Å². The first-order chi connectivity index (χ1) is 5.68. The minimum Gasteiger partial charge on any atom is -0.366 e. The Morgan fingerprint density at radius 3 is 2.83 bits per heavy atom. The van der Waals surface area contributed by atoms with Crippen LogP contribution in [0.1, 0.15) is 5.56 Å². The number of hydrogen-bond acceptors (Lipinski definition) is 2. The molecule has 0 fully saturated rings. The molecule has 0 bridgehead atoms. The third-order valence-electron chi connectivity index (χ3n) is 1.31. The van der Waals surface area contributed by atoms with Gasteiger partial charge >= 0.3 is 0 Å². The highest BCUT2D eigenvalue weighted by Gasteiger charge is 1.88. The van der Waals surface area contributed by atoms with E-state index < -0.39 is 5.91 Å². The first-order valence-electron chi connectivity index (χ1n) is 3.45. The van der Waals surface area contributed by atoms with Gasteiger partial charge in [0.15, 0.2) is 0 Å². The summed E-state index contributed by atoms with van der Waals surface area (Å²) in [5.41, 5.74) is 5.85. The molecular weight excluding hydrogens is 170 g/mol. The molecule has 1 aromatic carbocycles. The standard InChI is InChI=1S/C9H9NOS/c10-9(11)5-4-7-2-1-3-8(12)6-7/h1-6,12H,(H2,10,11)/b5-4+. The normalized spacial score (nSPS) is 10.4. The van der Waals surface area contributed by atoms with Gasteiger partial charge in [0.25, 0.3) is 0 Å². The first-order valence-corrected chi connectivity index (χ1v) is 3.90. The number of primary amides is 1. The molecule has 0 unspecified atom stereocenters. The Hall–Kier alpha value is -1.22. The molecule has 2 nitrogen and oxygen atoms in total. The Morgan fingerprint density at radius 1 is 1.50 bits per heavy atom. The third-order valence-corrected chi connectivity index (χ3v) is 1.59. The maximum atomic E-state index is 10.4. The number of carbonyl (C=O) groups is 1. The fourth-order valence-electron chi connectivity index (χ4n) is 0.807. The number of amides is 1. The second kappa shape index (κ2) is 3.97. The minimum absolute atomic E-state index is 0.445. The van der Waals surface area contributed by atoms with Crippen molar-refractivity contribution in [2.45, 2.75) is 4.90 Å². The van der Waals surface area contributed by atoms with E-state index in [1.807, 2.05) is 24.3 Å². The summed E-state index contributed by atoms with van der Waals surface area (Å²) < 4.78 is 0. The van der Waals surface area contributed by atoms with Gasteiger partial charge in [-0.25, -0.2) is 0 Å². The van der Waals surface area contributed by atoms with E-state index >= 15 is 0 Å². The molecule has 0 aliphatic rings. The average Bonchev–Trinajstić information content (AvgIpc) is 2.01. The lowest BCUT2D eigenvalue weighted by atomic mass is 10.2. The van der Waals surface area contributed by atoms with Crippen molar-refractivity contribution < 1.29 is 4.79 Å². The zero-order valence-electron chi connectivity index (χ0n) is 6.40. The van der Waals surface area contributed by atoms with E-state index in [1.165, 1.54) is 6.08 Å². The molecule has 1 amide bonds. The van der Waals surface area contributed by atoms with Crippen LogP contribution in [0.15, 0.2) is 35.2 Å². The highest BCUT2D eigenvalue weighted by Crippen LogP contribution is 2.09. The average molecular weight is 179 g/mol. The Bertz CT molecular complexity index is 320. The van der Waals surface area contributed by atoms with Crippen LogP contribution < -0.4 is 5.73 Å². The Balaban J connectivity index is 2.83. The molecule has 62 valence electrons. The lowest BCUT2D eigenvalue weighted by molar-refractivity contribution is -0.113. The van der Waals surface area contributed by atoms with E-state index in [4.69, 9.17) is 5.73 Å². The Labute approximate surface area is 76.5 Å². The van der Waals surface area contributed by atoms with Crippen LogP contribution in [0.5, 0.6) is 0 Å². The van der Waals surface area contributed by atoms with Crippen molar-refractivity contribution in [1.29, 1.82) is 0 Å². The molecule has 0 saturated heterocycles. The van der Waals surface area contributed by atoms with E-state index in [9.17, 15) is 4.79 Å². The van der Waals surface area contributed by atoms with Crippen LogP contribution in [0.2, 0.25) is 0 Å².